The number of carboxylic acids is 1. The number of piperidine rings is 1. The monoisotopic (exact) mass is 512 g/mol. The van der Waals surface area contributed by atoms with Crippen LogP contribution in [0.4, 0.5) is 4.39 Å². The summed E-state index contributed by atoms with van der Waals surface area (Å²) in [6.45, 7) is 2.13. The first-order valence-corrected chi connectivity index (χ1v) is 13.3. The van der Waals surface area contributed by atoms with Gasteiger partial charge in [0, 0.05) is 35.3 Å². The van der Waals surface area contributed by atoms with E-state index in [0.717, 1.165) is 46.8 Å². The number of alkyl halides is 1. The van der Waals surface area contributed by atoms with Gasteiger partial charge in [-0.2, -0.15) is 0 Å². The van der Waals surface area contributed by atoms with Crippen molar-refractivity contribution in [1.29, 1.82) is 0 Å². The van der Waals surface area contributed by atoms with E-state index in [4.69, 9.17) is 9.47 Å². The number of nitrogens with zero attached hydrogens (tertiary/aromatic N) is 2. The molecule has 0 saturated carbocycles. The smallest absolute Gasteiger partial charge is 0.308 e. The number of hydrogen-bond acceptors (Lipinski definition) is 6. The third-order valence-corrected chi connectivity index (χ3v) is 8.04. The first-order valence-electron chi connectivity index (χ1n) is 12.3. The van der Waals surface area contributed by atoms with Crippen LogP contribution in [-0.2, 0) is 4.79 Å². The van der Waals surface area contributed by atoms with E-state index >= 15 is 4.39 Å². The minimum Gasteiger partial charge on any atom is -0.497 e. The van der Waals surface area contributed by atoms with Crippen LogP contribution in [0.5, 0.6) is 11.5 Å². The number of fused-ring (bicyclic) bond motifs is 1. The highest BCUT2D eigenvalue weighted by Gasteiger charge is 2.34. The second-order valence-electron chi connectivity index (χ2n) is 9.12. The Morgan fingerprint density at radius 3 is 2.83 bits per heavy atom. The molecular formula is C28H33FN2O4S. The molecule has 36 heavy (non-hydrogen) atoms. The molecule has 1 aliphatic heterocycles. The molecule has 6 nitrogen and oxygen atoms in total. The Hall–Kier alpha value is -2.84. The van der Waals surface area contributed by atoms with E-state index in [9.17, 15) is 9.90 Å². The highest BCUT2D eigenvalue weighted by Crippen LogP contribution is 2.36. The molecule has 3 aromatic rings. The standard InChI is InChI=1S/C28H33FN2O4S/c1-34-20-8-10-25-22(17-20)21(11-13-30-25)24(29)9-7-19-12-14-31(18-23(19)28(32)33)15-16-36-27-6-4-3-5-26(27)35-2/h3-6,8,10-11,13,17,19,23-24H,7,9,12,14-16,18H2,1-2H3,(H,32,33)/t19-,23+,24-/m1/s1. The summed E-state index contributed by atoms with van der Waals surface area (Å²) < 4.78 is 26.1. The SMILES string of the molecule is COc1ccc2nccc([C@H](F)CC[C@@H]3CCN(CCSc4ccccc4OC)C[C@@H]3C(=O)O)c2c1. The van der Waals surface area contributed by atoms with Crippen LogP contribution in [0.1, 0.15) is 31.0 Å². The Labute approximate surface area is 215 Å². The lowest BCUT2D eigenvalue weighted by molar-refractivity contribution is -0.146. The molecule has 1 aliphatic rings. The maximum atomic E-state index is 15.4. The Kier molecular flexibility index (Phi) is 9.04. The number of methoxy groups -OCH3 is 2. The molecule has 0 aliphatic carbocycles. The molecule has 8 heteroatoms. The van der Waals surface area contributed by atoms with Crippen molar-refractivity contribution in [2.45, 2.75) is 30.3 Å². The van der Waals surface area contributed by atoms with Crippen molar-refractivity contribution < 1.29 is 23.8 Å². The van der Waals surface area contributed by atoms with Crippen LogP contribution in [0.15, 0.2) is 59.6 Å². The number of thioether (sulfide) groups is 1. The van der Waals surface area contributed by atoms with E-state index in [1.165, 1.54) is 0 Å². The Morgan fingerprint density at radius 1 is 1.22 bits per heavy atom. The highest BCUT2D eigenvalue weighted by molar-refractivity contribution is 7.99. The van der Waals surface area contributed by atoms with Gasteiger partial charge < -0.3 is 19.5 Å². The Balaban J connectivity index is 1.33. The predicted octanol–water partition coefficient (Wildman–Crippen LogP) is 5.86. The van der Waals surface area contributed by atoms with Gasteiger partial charge in [0.05, 0.1) is 25.7 Å². The molecule has 1 fully saturated rings. The maximum Gasteiger partial charge on any atom is 0.308 e. The average Bonchev–Trinajstić information content (AvgIpc) is 2.91. The van der Waals surface area contributed by atoms with Crippen LogP contribution in [0, 0.1) is 11.8 Å². The molecule has 4 rings (SSSR count). The molecule has 1 saturated heterocycles. The van der Waals surface area contributed by atoms with E-state index in [0.29, 0.717) is 24.3 Å². The minimum atomic E-state index is -1.19. The molecule has 0 radical (unpaired) electrons. The summed E-state index contributed by atoms with van der Waals surface area (Å²) in [5, 5.41) is 10.7. The fourth-order valence-corrected chi connectivity index (χ4v) is 6.02. The lowest BCUT2D eigenvalue weighted by atomic mass is 9.81. The fourth-order valence-electron chi connectivity index (χ4n) is 4.98. The van der Waals surface area contributed by atoms with Crippen molar-refractivity contribution >= 4 is 28.6 Å². The molecular weight excluding hydrogens is 479 g/mol. The number of para-hydroxylation sites is 1. The van der Waals surface area contributed by atoms with E-state index in [1.54, 1.807) is 38.2 Å². The summed E-state index contributed by atoms with van der Waals surface area (Å²) in [5.74, 6) is 1.04. The number of aliphatic carboxylic acids is 1. The van der Waals surface area contributed by atoms with Gasteiger partial charge in [0.15, 0.2) is 0 Å². The zero-order chi connectivity index (χ0) is 25.5. The summed E-state index contributed by atoms with van der Waals surface area (Å²) in [5.41, 5.74) is 1.30. The van der Waals surface area contributed by atoms with Crippen LogP contribution < -0.4 is 9.47 Å². The van der Waals surface area contributed by atoms with Gasteiger partial charge >= 0.3 is 5.97 Å². The van der Waals surface area contributed by atoms with Crippen LogP contribution in [0.2, 0.25) is 0 Å². The maximum absolute atomic E-state index is 15.4. The molecule has 1 N–H and O–H groups in total. The molecule has 1 aromatic heterocycles. The normalized spacial score (nSPS) is 19.2. The molecule has 3 atom stereocenters. The Morgan fingerprint density at radius 2 is 2.06 bits per heavy atom. The van der Waals surface area contributed by atoms with Crippen molar-refractivity contribution in [3.05, 3.63) is 60.3 Å². The topological polar surface area (TPSA) is 71.9 Å². The van der Waals surface area contributed by atoms with Gasteiger partial charge in [-0.05, 0) is 73.7 Å². The third-order valence-electron chi connectivity index (χ3n) is 7.00. The van der Waals surface area contributed by atoms with E-state index in [-0.39, 0.29) is 12.3 Å². The number of hydrogen-bond donors (Lipinski definition) is 1. The lowest BCUT2D eigenvalue weighted by Gasteiger charge is -2.36. The van der Waals surface area contributed by atoms with Crippen molar-refractivity contribution in [1.82, 2.24) is 9.88 Å². The Bertz CT molecular complexity index is 1180. The third kappa shape index (κ3) is 6.28. The number of benzene rings is 2. The number of ether oxygens (including phenoxy) is 2. The van der Waals surface area contributed by atoms with Crippen LogP contribution in [-0.4, -0.2) is 60.6 Å². The molecule has 0 unspecified atom stereocenters. The number of aromatic nitrogens is 1. The summed E-state index contributed by atoms with van der Waals surface area (Å²) in [7, 11) is 3.25. The van der Waals surface area contributed by atoms with Crippen molar-refractivity contribution in [2.75, 3.05) is 39.6 Å². The zero-order valence-corrected chi connectivity index (χ0v) is 21.5. The predicted molar refractivity (Wildman–Crippen MR) is 141 cm³/mol. The highest BCUT2D eigenvalue weighted by atomic mass is 32.2. The molecule has 0 spiro atoms. The molecule has 0 amide bonds. The first kappa shape index (κ1) is 26.2. The largest absolute Gasteiger partial charge is 0.497 e. The van der Waals surface area contributed by atoms with Crippen molar-refractivity contribution in [3.63, 3.8) is 0 Å². The van der Waals surface area contributed by atoms with Gasteiger partial charge in [0.25, 0.3) is 0 Å². The number of carbonyl (C=O) groups is 1. The average molecular weight is 513 g/mol. The number of halogens is 1. The van der Waals surface area contributed by atoms with Crippen LogP contribution in [0.25, 0.3) is 10.9 Å². The van der Waals surface area contributed by atoms with Gasteiger partial charge in [-0.3, -0.25) is 9.78 Å². The van der Waals surface area contributed by atoms with Crippen molar-refractivity contribution in [2.24, 2.45) is 11.8 Å². The lowest BCUT2D eigenvalue weighted by Crippen LogP contribution is -2.44. The van der Waals surface area contributed by atoms with Gasteiger partial charge in [-0.25, -0.2) is 4.39 Å². The van der Waals surface area contributed by atoms with Gasteiger partial charge in [-0.15, -0.1) is 11.8 Å². The summed E-state index contributed by atoms with van der Waals surface area (Å²) in [4.78, 5) is 19.7. The van der Waals surface area contributed by atoms with Crippen molar-refractivity contribution in [3.8, 4) is 11.5 Å². The number of pyridine rings is 1. The van der Waals surface area contributed by atoms with Crippen LogP contribution >= 0.6 is 11.8 Å². The minimum absolute atomic E-state index is 0.0403. The quantitative estimate of drug-likeness (QED) is 0.323. The summed E-state index contributed by atoms with van der Waals surface area (Å²) in [6, 6.07) is 15.1. The second-order valence-corrected chi connectivity index (χ2v) is 10.3. The number of rotatable bonds is 11. The van der Waals surface area contributed by atoms with Gasteiger partial charge in [0.1, 0.15) is 17.7 Å². The molecule has 192 valence electrons. The zero-order valence-electron chi connectivity index (χ0n) is 20.7. The van der Waals surface area contributed by atoms with E-state index in [1.807, 2.05) is 42.5 Å². The molecule has 2 aromatic carbocycles. The molecule has 0 bridgehead atoms. The second kappa shape index (κ2) is 12.4. The van der Waals surface area contributed by atoms with Gasteiger partial charge in [-0.1, -0.05) is 12.1 Å². The summed E-state index contributed by atoms with van der Waals surface area (Å²) >= 11 is 1.71. The van der Waals surface area contributed by atoms with Gasteiger partial charge in [0.2, 0.25) is 0 Å². The first-order chi connectivity index (χ1) is 17.5. The number of carboxylic acid groups (broad SMARTS) is 1. The number of likely N-dealkylation sites (tertiary alicyclic amines) is 1. The molecule has 2 heterocycles. The van der Waals surface area contributed by atoms with E-state index < -0.39 is 18.1 Å². The van der Waals surface area contributed by atoms with E-state index in [2.05, 4.69) is 9.88 Å². The fraction of sp³-hybridized carbons (Fsp3) is 0.429. The summed E-state index contributed by atoms with van der Waals surface area (Å²) in [6.07, 6.45) is 2.02. The van der Waals surface area contributed by atoms with Crippen LogP contribution in [0.3, 0.4) is 0 Å².